The van der Waals surface area contributed by atoms with Gasteiger partial charge in [0.25, 0.3) is 0 Å². The second-order valence-corrected chi connectivity index (χ2v) is 6.22. The maximum Gasteiger partial charge on any atom is 0.0871 e. The van der Waals surface area contributed by atoms with E-state index in [0.717, 1.165) is 20.1 Å². The summed E-state index contributed by atoms with van der Waals surface area (Å²) in [5, 5.41) is 10.5. The fraction of sp³-hybridized carbons (Fsp3) is 0.200. The molecule has 0 aromatic heterocycles. The summed E-state index contributed by atoms with van der Waals surface area (Å²) in [7, 11) is 0. The van der Waals surface area contributed by atoms with Gasteiger partial charge in [-0.15, -0.1) is 0 Å². The fourth-order valence-corrected chi connectivity index (χ4v) is 2.76. The maximum absolute atomic E-state index is 10.5. The van der Waals surface area contributed by atoms with Gasteiger partial charge in [-0.2, -0.15) is 0 Å². The zero-order valence-corrected chi connectivity index (χ0v) is 13.4. The summed E-state index contributed by atoms with van der Waals surface area (Å²) in [5.41, 5.74) is 7.74. The molecule has 0 aliphatic carbocycles. The summed E-state index contributed by atoms with van der Waals surface area (Å²) in [5.74, 6) is -0.109. The zero-order chi connectivity index (χ0) is 13.8. The average Bonchev–Trinajstić information content (AvgIpc) is 2.41. The second-order valence-electron chi connectivity index (χ2n) is 4.39. The summed E-state index contributed by atoms with van der Waals surface area (Å²) in [6, 6.07) is 15.6. The Labute approximate surface area is 129 Å². The van der Waals surface area contributed by atoms with Gasteiger partial charge in [-0.1, -0.05) is 56.1 Å². The molecule has 0 saturated carbocycles. The minimum absolute atomic E-state index is 0.109. The van der Waals surface area contributed by atoms with E-state index in [9.17, 15) is 5.11 Å². The highest BCUT2D eigenvalue weighted by molar-refractivity contribution is 9.10. The molecule has 2 aromatic carbocycles. The lowest BCUT2D eigenvalue weighted by molar-refractivity contribution is 0.147. The van der Waals surface area contributed by atoms with Crippen molar-refractivity contribution in [2.45, 2.75) is 12.0 Å². The van der Waals surface area contributed by atoms with Crippen molar-refractivity contribution in [2.24, 2.45) is 5.73 Å². The van der Waals surface area contributed by atoms with Crippen molar-refractivity contribution in [2.75, 3.05) is 6.54 Å². The number of nitrogens with two attached hydrogens (primary N) is 1. The van der Waals surface area contributed by atoms with E-state index in [-0.39, 0.29) is 5.92 Å². The summed E-state index contributed by atoms with van der Waals surface area (Å²) in [6.45, 7) is 0.398. The van der Waals surface area contributed by atoms with E-state index >= 15 is 0 Å². The van der Waals surface area contributed by atoms with E-state index in [2.05, 4.69) is 31.9 Å². The van der Waals surface area contributed by atoms with Crippen molar-refractivity contribution in [3.05, 3.63) is 68.6 Å². The number of halogens is 2. The van der Waals surface area contributed by atoms with Gasteiger partial charge < -0.3 is 10.8 Å². The summed E-state index contributed by atoms with van der Waals surface area (Å²) >= 11 is 6.83. The Morgan fingerprint density at radius 1 is 0.947 bits per heavy atom. The van der Waals surface area contributed by atoms with Crippen molar-refractivity contribution < 1.29 is 5.11 Å². The molecular weight excluding hydrogens is 370 g/mol. The smallest absolute Gasteiger partial charge is 0.0871 e. The van der Waals surface area contributed by atoms with Gasteiger partial charge in [-0.3, -0.25) is 0 Å². The van der Waals surface area contributed by atoms with Gasteiger partial charge >= 0.3 is 0 Å². The molecule has 2 nitrogen and oxygen atoms in total. The summed E-state index contributed by atoms with van der Waals surface area (Å²) in [6.07, 6.45) is -0.608. The number of hydrogen-bond donors (Lipinski definition) is 2. The molecule has 0 saturated heterocycles. The monoisotopic (exact) mass is 383 g/mol. The van der Waals surface area contributed by atoms with Crippen LogP contribution in [0.4, 0.5) is 0 Å². The van der Waals surface area contributed by atoms with E-state index in [1.807, 2.05) is 48.5 Å². The number of aliphatic hydroxyl groups excluding tert-OH is 1. The third kappa shape index (κ3) is 3.66. The van der Waals surface area contributed by atoms with Crippen LogP contribution < -0.4 is 5.73 Å². The molecule has 100 valence electrons. The molecule has 4 heteroatoms. The molecule has 0 radical (unpaired) electrons. The third-order valence-corrected chi connectivity index (χ3v) is 4.15. The first kappa shape index (κ1) is 14.7. The van der Waals surface area contributed by atoms with E-state index in [1.54, 1.807) is 0 Å². The second kappa shape index (κ2) is 6.66. The molecule has 0 amide bonds. The first-order chi connectivity index (χ1) is 9.11. The molecule has 0 aliphatic heterocycles. The lowest BCUT2D eigenvalue weighted by Crippen LogP contribution is -2.20. The van der Waals surface area contributed by atoms with Crippen molar-refractivity contribution >= 4 is 31.9 Å². The number of hydrogen-bond acceptors (Lipinski definition) is 2. The highest BCUT2D eigenvalue weighted by Crippen LogP contribution is 2.31. The van der Waals surface area contributed by atoms with Crippen molar-refractivity contribution in [1.29, 1.82) is 0 Å². The molecule has 3 N–H and O–H groups in total. The first-order valence-corrected chi connectivity index (χ1v) is 7.59. The van der Waals surface area contributed by atoms with E-state index < -0.39 is 6.10 Å². The lowest BCUT2D eigenvalue weighted by atomic mass is 9.89. The molecule has 2 rings (SSSR count). The van der Waals surface area contributed by atoms with Crippen LogP contribution in [0.3, 0.4) is 0 Å². The fourth-order valence-electron chi connectivity index (χ4n) is 2.08. The van der Waals surface area contributed by atoms with Crippen LogP contribution >= 0.6 is 31.9 Å². The van der Waals surface area contributed by atoms with Gasteiger partial charge in [0.15, 0.2) is 0 Å². The molecular formula is C15H15Br2NO. The van der Waals surface area contributed by atoms with Gasteiger partial charge in [-0.05, 0) is 35.4 Å². The van der Waals surface area contributed by atoms with Crippen LogP contribution in [0.15, 0.2) is 57.5 Å². The lowest BCUT2D eigenvalue weighted by Gasteiger charge is -2.22. The highest BCUT2D eigenvalue weighted by atomic mass is 79.9. The summed E-state index contributed by atoms with van der Waals surface area (Å²) in [4.78, 5) is 0. The minimum atomic E-state index is -0.608. The Bertz CT molecular complexity index is 542. The normalized spacial score (nSPS) is 14.1. The van der Waals surface area contributed by atoms with Crippen LogP contribution in [0, 0.1) is 0 Å². The van der Waals surface area contributed by atoms with Crippen molar-refractivity contribution in [3.8, 4) is 0 Å². The third-order valence-electron chi connectivity index (χ3n) is 3.12. The van der Waals surface area contributed by atoms with E-state index in [4.69, 9.17) is 5.73 Å². The quantitative estimate of drug-likeness (QED) is 0.837. The molecule has 19 heavy (non-hydrogen) atoms. The van der Waals surface area contributed by atoms with Gasteiger partial charge in [0.2, 0.25) is 0 Å². The van der Waals surface area contributed by atoms with Crippen LogP contribution in [0.5, 0.6) is 0 Å². The van der Waals surface area contributed by atoms with Gasteiger partial charge in [0.05, 0.1) is 6.10 Å². The molecule has 2 unspecified atom stereocenters. The minimum Gasteiger partial charge on any atom is -0.388 e. The Balaban J connectivity index is 2.28. The predicted octanol–water partition coefficient (Wildman–Crippen LogP) is 3.99. The Hall–Kier alpha value is -0.680. The maximum atomic E-state index is 10.5. The molecule has 0 heterocycles. The number of benzene rings is 2. The molecule has 0 bridgehead atoms. The van der Waals surface area contributed by atoms with Crippen LogP contribution in [-0.4, -0.2) is 11.7 Å². The van der Waals surface area contributed by atoms with E-state index in [0.29, 0.717) is 6.54 Å². The van der Waals surface area contributed by atoms with Crippen LogP contribution in [0.1, 0.15) is 23.1 Å². The topological polar surface area (TPSA) is 46.2 Å². The Morgan fingerprint density at radius 2 is 1.63 bits per heavy atom. The average molecular weight is 385 g/mol. The van der Waals surface area contributed by atoms with Crippen LogP contribution in [0.25, 0.3) is 0 Å². The molecule has 0 spiro atoms. The van der Waals surface area contributed by atoms with Gasteiger partial charge in [0, 0.05) is 21.4 Å². The van der Waals surface area contributed by atoms with Gasteiger partial charge in [-0.25, -0.2) is 0 Å². The van der Waals surface area contributed by atoms with E-state index in [1.165, 1.54) is 0 Å². The number of aliphatic hydroxyl groups is 1. The van der Waals surface area contributed by atoms with Crippen molar-refractivity contribution in [1.82, 2.24) is 0 Å². The molecule has 2 aromatic rings. The molecule has 2 atom stereocenters. The van der Waals surface area contributed by atoms with Crippen LogP contribution in [-0.2, 0) is 0 Å². The largest absolute Gasteiger partial charge is 0.388 e. The highest BCUT2D eigenvalue weighted by Gasteiger charge is 2.21. The van der Waals surface area contributed by atoms with Crippen molar-refractivity contribution in [3.63, 3.8) is 0 Å². The van der Waals surface area contributed by atoms with Gasteiger partial charge in [0.1, 0.15) is 0 Å². The molecule has 0 aliphatic rings. The first-order valence-electron chi connectivity index (χ1n) is 6.01. The van der Waals surface area contributed by atoms with Crippen LogP contribution in [0.2, 0.25) is 0 Å². The standard InChI is InChI=1S/C15H15Br2NO/c16-12-6-4-10(5-7-12)14(9-18)15(19)11-2-1-3-13(17)8-11/h1-8,14-15,19H,9,18H2. The SMILES string of the molecule is NCC(c1ccc(Br)cc1)C(O)c1cccc(Br)c1. The summed E-state index contributed by atoms with van der Waals surface area (Å²) < 4.78 is 1.97. The number of rotatable bonds is 4. The molecule has 0 fully saturated rings. The predicted molar refractivity (Wildman–Crippen MR) is 85.0 cm³/mol. The zero-order valence-electron chi connectivity index (χ0n) is 10.3. The Morgan fingerprint density at radius 3 is 2.21 bits per heavy atom. The Kier molecular flexibility index (Phi) is 5.16.